The van der Waals surface area contributed by atoms with Crippen molar-refractivity contribution >= 4 is 40.7 Å². The van der Waals surface area contributed by atoms with Crippen molar-refractivity contribution in [1.82, 2.24) is 14.9 Å². The predicted molar refractivity (Wildman–Crippen MR) is 106 cm³/mol. The Morgan fingerprint density at radius 3 is 2.57 bits per heavy atom. The first-order valence-electron chi connectivity index (χ1n) is 8.80. The lowest BCUT2D eigenvalue weighted by atomic mass is 10.1. The van der Waals surface area contributed by atoms with Crippen LogP contribution in [0.25, 0.3) is 11.0 Å². The zero-order chi connectivity index (χ0) is 19.0. The van der Waals surface area contributed by atoms with Gasteiger partial charge in [0.15, 0.2) is 17.3 Å². The van der Waals surface area contributed by atoms with Crippen LogP contribution in [0.15, 0.2) is 36.5 Å². The number of pyridine rings is 2. The summed E-state index contributed by atoms with van der Waals surface area (Å²) in [5, 5.41) is 3.72. The van der Waals surface area contributed by atoms with Crippen LogP contribution in [0.3, 0.4) is 0 Å². The van der Waals surface area contributed by atoms with E-state index in [4.69, 9.17) is 0 Å². The molecular weight excluding hydrogens is 386 g/mol. The Kier molecular flexibility index (Phi) is 5.74. The summed E-state index contributed by atoms with van der Waals surface area (Å²) in [7, 11) is 0. The maximum absolute atomic E-state index is 13.6. The van der Waals surface area contributed by atoms with E-state index >= 15 is 0 Å². The standard InChI is InChI=1S/C20H18F2N4O.ClH/c1-12-4-6-14-18(25-13-5-7-16(21)17(22)10-13)15(11-23-19(14)24-12)20(27)26-8-2-3-9-26;/h4-7,10-11H,2-3,8-9H2,1H3,(H,23,24,25);1H. The molecule has 0 radical (unpaired) electrons. The van der Waals surface area contributed by atoms with Crippen LogP contribution in [0, 0.1) is 18.6 Å². The van der Waals surface area contributed by atoms with Crippen molar-refractivity contribution in [1.29, 1.82) is 0 Å². The lowest BCUT2D eigenvalue weighted by Gasteiger charge is -2.19. The van der Waals surface area contributed by atoms with Crippen molar-refractivity contribution in [3.05, 3.63) is 59.4 Å². The Bertz CT molecular complexity index is 1040. The van der Waals surface area contributed by atoms with Crippen molar-refractivity contribution in [2.24, 2.45) is 0 Å². The molecule has 2 aromatic heterocycles. The first-order valence-corrected chi connectivity index (χ1v) is 8.80. The number of aryl methyl sites for hydroxylation is 1. The number of nitrogens with zero attached hydrogens (tertiary/aromatic N) is 3. The Labute approximate surface area is 167 Å². The molecule has 0 bridgehead atoms. The van der Waals surface area contributed by atoms with Gasteiger partial charge in [0, 0.05) is 42.1 Å². The van der Waals surface area contributed by atoms with Crippen LogP contribution in [-0.4, -0.2) is 33.9 Å². The number of likely N-dealkylation sites (tertiary alicyclic amines) is 1. The van der Waals surface area contributed by atoms with E-state index in [9.17, 15) is 13.6 Å². The number of amides is 1. The summed E-state index contributed by atoms with van der Waals surface area (Å²) in [6, 6.07) is 7.19. The monoisotopic (exact) mass is 404 g/mol. The average Bonchev–Trinajstić information content (AvgIpc) is 3.19. The molecule has 5 nitrogen and oxygen atoms in total. The molecule has 3 aromatic rings. The van der Waals surface area contributed by atoms with Crippen LogP contribution in [-0.2, 0) is 0 Å². The summed E-state index contributed by atoms with van der Waals surface area (Å²) in [5.74, 6) is -2.02. The summed E-state index contributed by atoms with van der Waals surface area (Å²) >= 11 is 0. The van der Waals surface area contributed by atoms with E-state index in [-0.39, 0.29) is 18.3 Å². The fourth-order valence-electron chi connectivity index (χ4n) is 3.28. The molecule has 0 aliphatic carbocycles. The molecule has 28 heavy (non-hydrogen) atoms. The van der Waals surface area contributed by atoms with Crippen molar-refractivity contribution in [3.8, 4) is 0 Å². The SMILES string of the molecule is Cc1ccc2c(Nc3ccc(F)c(F)c3)c(C(=O)N3CCCC3)cnc2n1.Cl. The van der Waals surface area contributed by atoms with Crippen LogP contribution in [0.4, 0.5) is 20.2 Å². The van der Waals surface area contributed by atoms with Gasteiger partial charge in [-0.05, 0) is 44.0 Å². The third kappa shape index (κ3) is 3.75. The smallest absolute Gasteiger partial charge is 0.257 e. The number of carbonyl (C=O) groups is 1. The number of fused-ring (bicyclic) bond motifs is 1. The number of hydrogen-bond acceptors (Lipinski definition) is 4. The number of carbonyl (C=O) groups excluding carboxylic acids is 1. The number of nitrogens with one attached hydrogen (secondary N) is 1. The van der Waals surface area contributed by atoms with E-state index in [1.807, 2.05) is 19.1 Å². The summed E-state index contributed by atoms with van der Waals surface area (Å²) in [4.78, 5) is 23.5. The molecule has 1 aromatic carbocycles. The first kappa shape index (κ1) is 19.9. The van der Waals surface area contributed by atoms with Gasteiger partial charge in [-0.25, -0.2) is 18.7 Å². The van der Waals surface area contributed by atoms with Gasteiger partial charge < -0.3 is 10.2 Å². The third-order valence-electron chi connectivity index (χ3n) is 4.68. The minimum absolute atomic E-state index is 0. The van der Waals surface area contributed by atoms with Crippen LogP contribution in [0.1, 0.15) is 28.9 Å². The lowest BCUT2D eigenvalue weighted by Crippen LogP contribution is -2.28. The van der Waals surface area contributed by atoms with Crippen molar-refractivity contribution in [3.63, 3.8) is 0 Å². The van der Waals surface area contributed by atoms with Gasteiger partial charge in [0.05, 0.1) is 11.3 Å². The number of benzene rings is 1. The normalized spacial score (nSPS) is 13.5. The molecule has 0 atom stereocenters. The molecular formula is C20H19ClF2N4O. The van der Waals surface area contributed by atoms with E-state index in [2.05, 4.69) is 15.3 Å². The van der Waals surface area contributed by atoms with Crippen LogP contribution >= 0.6 is 12.4 Å². The molecule has 3 heterocycles. The van der Waals surface area contributed by atoms with E-state index in [0.717, 1.165) is 30.7 Å². The molecule has 0 saturated carbocycles. The second-order valence-corrected chi connectivity index (χ2v) is 6.62. The molecule has 1 aliphatic heterocycles. The van der Waals surface area contributed by atoms with Gasteiger partial charge in [-0.15, -0.1) is 12.4 Å². The topological polar surface area (TPSA) is 58.1 Å². The second kappa shape index (κ2) is 8.06. The van der Waals surface area contributed by atoms with Crippen molar-refractivity contribution < 1.29 is 13.6 Å². The fourth-order valence-corrected chi connectivity index (χ4v) is 3.28. The Morgan fingerprint density at radius 2 is 1.86 bits per heavy atom. The van der Waals surface area contributed by atoms with Gasteiger partial charge >= 0.3 is 0 Å². The third-order valence-corrected chi connectivity index (χ3v) is 4.68. The minimum Gasteiger partial charge on any atom is -0.354 e. The Hall–Kier alpha value is -2.80. The zero-order valence-electron chi connectivity index (χ0n) is 15.2. The molecule has 0 spiro atoms. The average molecular weight is 405 g/mol. The van der Waals surface area contributed by atoms with Gasteiger partial charge in [-0.3, -0.25) is 4.79 Å². The molecule has 1 aliphatic rings. The largest absolute Gasteiger partial charge is 0.354 e. The molecule has 4 rings (SSSR count). The van der Waals surface area contributed by atoms with Crippen molar-refractivity contribution in [2.45, 2.75) is 19.8 Å². The molecule has 1 fully saturated rings. The highest BCUT2D eigenvalue weighted by Gasteiger charge is 2.24. The molecule has 1 amide bonds. The van der Waals surface area contributed by atoms with E-state index in [1.165, 1.54) is 12.3 Å². The number of halogens is 3. The second-order valence-electron chi connectivity index (χ2n) is 6.62. The summed E-state index contributed by atoms with van der Waals surface area (Å²) in [5.41, 5.74) is 2.51. The van der Waals surface area contributed by atoms with Crippen molar-refractivity contribution in [2.75, 3.05) is 18.4 Å². The van der Waals surface area contributed by atoms with Gasteiger partial charge in [0.2, 0.25) is 0 Å². The number of anilines is 2. The zero-order valence-corrected chi connectivity index (χ0v) is 16.0. The Morgan fingerprint density at radius 1 is 1.11 bits per heavy atom. The highest BCUT2D eigenvalue weighted by Crippen LogP contribution is 2.30. The van der Waals surface area contributed by atoms with Gasteiger partial charge in [0.1, 0.15) is 0 Å². The summed E-state index contributed by atoms with van der Waals surface area (Å²) in [6.07, 6.45) is 3.44. The van der Waals surface area contributed by atoms with Gasteiger partial charge in [0.25, 0.3) is 5.91 Å². The number of aromatic nitrogens is 2. The fraction of sp³-hybridized carbons (Fsp3) is 0.250. The molecule has 0 unspecified atom stereocenters. The Balaban J connectivity index is 0.00000225. The number of hydrogen-bond donors (Lipinski definition) is 1. The first-order chi connectivity index (χ1) is 13.0. The maximum atomic E-state index is 13.6. The van der Waals surface area contributed by atoms with E-state index < -0.39 is 11.6 Å². The highest BCUT2D eigenvalue weighted by atomic mass is 35.5. The molecule has 1 saturated heterocycles. The van der Waals surface area contributed by atoms with Crippen LogP contribution < -0.4 is 5.32 Å². The van der Waals surface area contributed by atoms with Crippen LogP contribution in [0.5, 0.6) is 0 Å². The highest BCUT2D eigenvalue weighted by molar-refractivity contribution is 6.07. The van der Waals surface area contributed by atoms with E-state index in [1.54, 1.807) is 4.90 Å². The summed E-state index contributed by atoms with van der Waals surface area (Å²) in [6.45, 7) is 3.26. The minimum atomic E-state index is -0.959. The number of rotatable bonds is 3. The molecule has 8 heteroatoms. The quantitative estimate of drug-likeness (QED) is 0.692. The molecule has 1 N–H and O–H groups in total. The maximum Gasteiger partial charge on any atom is 0.257 e. The van der Waals surface area contributed by atoms with Crippen LogP contribution in [0.2, 0.25) is 0 Å². The predicted octanol–water partition coefficient (Wildman–Crippen LogP) is 4.62. The molecule has 146 valence electrons. The summed E-state index contributed by atoms with van der Waals surface area (Å²) < 4.78 is 26.9. The van der Waals surface area contributed by atoms with E-state index in [0.29, 0.717) is 41.1 Å². The van der Waals surface area contributed by atoms with Gasteiger partial charge in [-0.1, -0.05) is 0 Å². The lowest BCUT2D eigenvalue weighted by molar-refractivity contribution is 0.0793. The van der Waals surface area contributed by atoms with Gasteiger partial charge in [-0.2, -0.15) is 0 Å².